The molecule has 0 amide bonds. The van der Waals surface area contributed by atoms with E-state index in [0.717, 1.165) is 0 Å². The van der Waals surface area contributed by atoms with Crippen molar-refractivity contribution in [1.29, 1.82) is 0 Å². The van der Waals surface area contributed by atoms with Crippen LogP contribution in [0.5, 0.6) is 0 Å². The third-order valence-corrected chi connectivity index (χ3v) is 1.92. The number of aliphatic hydroxyl groups is 1. The van der Waals surface area contributed by atoms with E-state index in [4.69, 9.17) is 19.3 Å². The van der Waals surface area contributed by atoms with E-state index in [-0.39, 0.29) is 31.2 Å². The number of epoxide rings is 1. The SMILES string of the molecule is CO[C@@H]1O[C@H](CO)[C@@H]2O[C@@H]12. The van der Waals surface area contributed by atoms with Crippen molar-refractivity contribution >= 4 is 0 Å². The minimum Gasteiger partial charge on any atom is -0.394 e. The third kappa shape index (κ3) is 0.769. The summed E-state index contributed by atoms with van der Waals surface area (Å²) in [4.78, 5) is 0. The summed E-state index contributed by atoms with van der Waals surface area (Å²) in [6.45, 7) is 0.0149. The van der Waals surface area contributed by atoms with Crippen molar-refractivity contribution in [2.24, 2.45) is 0 Å². The molecule has 0 radical (unpaired) electrons. The molecule has 10 heavy (non-hydrogen) atoms. The number of hydrogen-bond acceptors (Lipinski definition) is 4. The molecule has 2 saturated heterocycles. The normalized spacial score (nSPS) is 51.0. The minimum atomic E-state index is -0.262. The van der Waals surface area contributed by atoms with Crippen LogP contribution in [0.4, 0.5) is 0 Å². The van der Waals surface area contributed by atoms with E-state index in [2.05, 4.69) is 0 Å². The fraction of sp³-hybridized carbons (Fsp3) is 1.00. The molecule has 0 bridgehead atoms. The van der Waals surface area contributed by atoms with Gasteiger partial charge in [-0.3, -0.25) is 0 Å². The first-order valence-electron chi connectivity index (χ1n) is 3.31. The lowest BCUT2D eigenvalue weighted by atomic mass is 10.2. The third-order valence-electron chi connectivity index (χ3n) is 1.92. The summed E-state index contributed by atoms with van der Waals surface area (Å²) < 4.78 is 15.3. The Morgan fingerprint density at radius 1 is 1.40 bits per heavy atom. The van der Waals surface area contributed by atoms with Crippen LogP contribution in [0.15, 0.2) is 0 Å². The van der Waals surface area contributed by atoms with Gasteiger partial charge in [-0.1, -0.05) is 0 Å². The number of fused-ring (bicyclic) bond motifs is 1. The second kappa shape index (κ2) is 2.17. The van der Waals surface area contributed by atoms with Gasteiger partial charge in [0.05, 0.1) is 6.61 Å². The molecule has 4 nitrogen and oxygen atoms in total. The van der Waals surface area contributed by atoms with Crippen molar-refractivity contribution in [2.75, 3.05) is 13.7 Å². The van der Waals surface area contributed by atoms with Gasteiger partial charge in [-0.2, -0.15) is 0 Å². The van der Waals surface area contributed by atoms with Gasteiger partial charge in [0.2, 0.25) is 0 Å². The highest BCUT2D eigenvalue weighted by molar-refractivity contribution is 4.99. The zero-order valence-corrected chi connectivity index (χ0v) is 5.69. The minimum absolute atomic E-state index is 0.0149. The van der Waals surface area contributed by atoms with E-state index in [1.165, 1.54) is 0 Å². The molecule has 0 aromatic rings. The monoisotopic (exact) mass is 146 g/mol. The largest absolute Gasteiger partial charge is 0.394 e. The van der Waals surface area contributed by atoms with E-state index >= 15 is 0 Å². The molecule has 0 aromatic carbocycles. The van der Waals surface area contributed by atoms with Gasteiger partial charge in [-0.15, -0.1) is 0 Å². The Hall–Kier alpha value is -0.160. The summed E-state index contributed by atoms with van der Waals surface area (Å²) in [5, 5.41) is 8.72. The molecular formula is C6H10O4. The van der Waals surface area contributed by atoms with Crippen LogP contribution in [0.2, 0.25) is 0 Å². The Balaban J connectivity index is 1.95. The highest BCUT2D eigenvalue weighted by Gasteiger charge is 2.58. The van der Waals surface area contributed by atoms with Gasteiger partial charge in [0, 0.05) is 7.11 Å². The molecule has 4 heteroatoms. The summed E-state index contributed by atoms with van der Waals surface area (Å²) in [6.07, 6.45) is -0.283. The summed E-state index contributed by atoms with van der Waals surface area (Å²) in [5.41, 5.74) is 0. The maximum Gasteiger partial charge on any atom is 0.186 e. The van der Waals surface area contributed by atoms with Crippen molar-refractivity contribution < 1.29 is 19.3 Å². The van der Waals surface area contributed by atoms with Crippen molar-refractivity contribution in [3.05, 3.63) is 0 Å². The van der Waals surface area contributed by atoms with Crippen molar-refractivity contribution in [2.45, 2.75) is 24.6 Å². The van der Waals surface area contributed by atoms with Gasteiger partial charge >= 0.3 is 0 Å². The van der Waals surface area contributed by atoms with Crippen LogP contribution in [-0.4, -0.2) is 43.4 Å². The molecule has 2 rings (SSSR count). The van der Waals surface area contributed by atoms with E-state index in [1.807, 2.05) is 0 Å². The highest BCUT2D eigenvalue weighted by Crippen LogP contribution is 2.38. The Kier molecular flexibility index (Phi) is 1.42. The highest BCUT2D eigenvalue weighted by atomic mass is 16.8. The Labute approximate surface area is 58.7 Å². The van der Waals surface area contributed by atoms with E-state index in [1.54, 1.807) is 7.11 Å². The van der Waals surface area contributed by atoms with E-state index in [0.29, 0.717) is 0 Å². The van der Waals surface area contributed by atoms with Gasteiger partial charge in [-0.25, -0.2) is 0 Å². The molecule has 2 heterocycles. The molecule has 58 valence electrons. The van der Waals surface area contributed by atoms with Crippen LogP contribution < -0.4 is 0 Å². The first-order chi connectivity index (χ1) is 4.86. The van der Waals surface area contributed by atoms with Gasteiger partial charge in [0.25, 0.3) is 0 Å². The Morgan fingerprint density at radius 3 is 2.60 bits per heavy atom. The van der Waals surface area contributed by atoms with Gasteiger partial charge in [0.1, 0.15) is 18.3 Å². The number of aliphatic hydroxyl groups excluding tert-OH is 1. The van der Waals surface area contributed by atoms with Crippen molar-refractivity contribution in [3.63, 3.8) is 0 Å². The molecule has 0 aromatic heterocycles. The van der Waals surface area contributed by atoms with Crippen LogP contribution in [0.25, 0.3) is 0 Å². The zero-order valence-electron chi connectivity index (χ0n) is 5.69. The van der Waals surface area contributed by atoms with Crippen LogP contribution >= 0.6 is 0 Å². The predicted molar refractivity (Wildman–Crippen MR) is 31.4 cm³/mol. The molecule has 0 aliphatic carbocycles. The number of hydrogen-bond donors (Lipinski definition) is 1. The van der Waals surface area contributed by atoms with E-state index in [9.17, 15) is 0 Å². The average molecular weight is 146 g/mol. The van der Waals surface area contributed by atoms with Crippen LogP contribution in [0, 0.1) is 0 Å². The maximum absolute atomic E-state index is 8.72. The smallest absolute Gasteiger partial charge is 0.186 e. The molecule has 0 spiro atoms. The molecule has 2 aliphatic heterocycles. The van der Waals surface area contributed by atoms with Crippen molar-refractivity contribution in [1.82, 2.24) is 0 Å². The average Bonchev–Trinajstić information content (AvgIpc) is 2.67. The molecular weight excluding hydrogens is 136 g/mol. The van der Waals surface area contributed by atoms with Gasteiger partial charge in [0.15, 0.2) is 6.29 Å². The molecule has 2 fully saturated rings. The maximum atomic E-state index is 8.72. The van der Waals surface area contributed by atoms with Crippen LogP contribution in [-0.2, 0) is 14.2 Å². The van der Waals surface area contributed by atoms with Crippen molar-refractivity contribution in [3.8, 4) is 0 Å². The first kappa shape index (κ1) is 6.54. The summed E-state index contributed by atoms with van der Waals surface area (Å²) in [5.74, 6) is 0. The fourth-order valence-electron chi connectivity index (χ4n) is 1.32. The Morgan fingerprint density at radius 2 is 2.20 bits per heavy atom. The van der Waals surface area contributed by atoms with Crippen LogP contribution in [0.1, 0.15) is 0 Å². The lowest BCUT2D eigenvalue weighted by Gasteiger charge is -2.13. The topological polar surface area (TPSA) is 51.2 Å². The molecule has 1 N–H and O–H groups in total. The first-order valence-corrected chi connectivity index (χ1v) is 3.31. The second-order valence-corrected chi connectivity index (χ2v) is 2.53. The second-order valence-electron chi connectivity index (χ2n) is 2.53. The zero-order chi connectivity index (χ0) is 7.14. The standard InChI is InChI=1S/C6H10O4/c1-8-6-5-4(10-5)3(2-7)9-6/h3-7H,2H2,1H3/t3-,4+,5-,6-/m1/s1. The van der Waals surface area contributed by atoms with Gasteiger partial charge < -0.3 is 19.3 Å². The van der Waals surface area contributed by atoms with Crippen LogP contribution in [0.3, 0.4) is 0 Å². The fourth-order valence-corrected chi connectivity index (χ4v) is 1.32. The van der Waals surface area contributed by atoms with E-state index < -0.39 is 0 Å². The molecule has 0 saturated carbocycles. The quantitative estimate of drug-likeness (QED) is 0.514. The number of methoxy groups -OCH3 is 1. The lowest BCUT2D eigenvalue weighted by Crippen LogP contribution is -2.23. The molecule has 2 aliphatic rings. The molecule has 0 unspecified atom stereocenters. The summed E-state index contributed by atoms with van der Waals surface area (Å²) >= 11 is 0. The number of ether oxygens (including phenoxy) is 3. The number of rotatable bonds is 2. The summed E-state index contributed by atoms with van der Waals surface area (Å²) in [7, 11) is 1.57. The Bertz CT molecular complexity index is 124. The van der Waals surface area contributed by atoms with Gasteiger partial charge in [-0.05, 0) is 0 Å². The summed E-state index contributed by atoms with van der Waals surface area (Å²) in [6, 6.07) is 0. The molecule has 4 atom stereocenters. The lowest BCUT2D eigenvalue weighted by molar-refractivity contribution is -0.166. The predicted octanol–water partition coefficient (Wildman–Crippen LogP) is -0.883.